The molecule has 0 spiro atoms. The molecule has 2 heterocycles. The molecule has 3 aliphatic rings. The maximum absolute atomic E-state index is 12.7. The number of hydrogen-bond acceptors (Lipinski definition) is 7. The van der Waals surface area contributed by atoms with E-state index in [-0.39, 0.29) is 36.2 Å². The normalized spacial score (nSPS) is 18.6. The highest BCUT2D eigenvalue weighted by Gasteiger charge is 2.32. The molecule has 2 aliphatic heterocycles. The number of carbonyl (C=O) groups excluding carboxylic acids is 2. The molecule has 1 N–H and O–H groups in total. The lowest BCUT2D eigenvalue weighted by Crippen LogP contribution is -2.36. The summed E-state index contributed by atoms with van der Waals surface area (Å²) < 4.78 is 11.3. The predicted octanol–water partition coefficient (Wildman–Crippen LogP) is 3.55. The number of carbonyl (C=O) groups is 2. The number of likely N-dealkylation sites (tertiary alicyclic amines) is 1. The lowest BCUT2D eigenvalue weighted by atomic mass is 9.97. The van der Waals surface area contributed by atoms with E-state index in [0.717, 1.165) is 6.42 Å². The van der Waals surface area contributed by atoms with Crippen LogP contribution in [-0.2, 0) is 16.0 Å². The quantitative estimate of drug-likeness (QED) is 0.348. The number of aliphatic hydroxyl groups is 1. The maximum atomic E-state index is 12.7. The van der Waals surface area contributed by atoms with Crippen molar-refractivity contribution in [3.05, 3.63) is 46.1 Å². The molecule has 4 rings (SSSR count). The highest BCUT2D eigenvalue weighted by molar-refractivity contribution is 5.81. The van der Waals surface area contributed by atoms with E-state index in [4.69, 9.17) is 9.15 Å². The number of hydrogen-bond donors (Lipinski definition) is 1. The number of nitrogens with zero attached hydrogens (tertiary/aromatic N) is 2. The van der Waals surface area contributed by atoms with Gasteiger partial charge in [-0.2, -0.15) is 0 Å². The molecule has 1 amide bonds. The van der Waals surface area contributed by atoms with Gasteiger partial charge in [-0.1, -0.05) is 6.92 Å². The summed E-state index contributed by atoms with van der Waals surface area (Å²) in [5, 5.41) is 9.89. The third kappa shape index (κ3) is 4.97. The van der Waals surface area contributed by atoms with Gasteiger partial charge in [-0.25, -0.2) is 4.98 Å². The van der Waals surface area contributed by atoms with Crippen molar-refractivity contribution in [3.8, 4) is 17.2 Å². The highest BCUT2D eigenvalue weighted by atomic mass is 16.5. The molecular formula is C26H30N2O6. The van der Waals surface area contributed by atoms with Crippen LogP contribution in [0.4, 0.5) is 0 Å². The fourth-order valence-electron chi connectivity index (χ4n) is 4.17. The number of ether oxygens (including phenoxy) is 1. The van der Waals surface area contributed by atoms with Gasteiger partial charge in [0.1, 0.15) is 17.0 Å². The summed E-state index contributed by atoms with van der Waals surface area (Å²) in [5.74, 6) is 0.236. The number of aromatic nitrogens is 1. The average Bonchev–Trinajstić information content (AvgIpc) is 3.16. The second kappa shape index (κ2) is 9.18. The number of aryl methyl sites for hydroxylation is 1. The van der Waals surface area contributed by atoms with E-state index in [9.17, 15) is 19.5 Å². The standard InChI is InChI=1S/C26H30N2O6/c1-5-16-11-17(29)14-28(16)24(31)9-6-15-10-20-23(13-21(15)30)34-22-12-18(7-8-19(22)27-20)33-25(32)26(2,3)4/h7-8,10,12-13,16-17,29H,5-6,9,11,14H2,1-4H3/t16-,17-/m1/s1. The van der Waals surface area contributed by atoms with Crippen LogP contribution in [0.1, 0.15) is 52.5 Å². The predicted molar refractivity (Wildman–Crippen MR) is 127 cm³/mol. The van der Waals surface area contributed by atoms with Crippen molar-refractivity contribution < 1.29 is 23.8 Å². The molecule has 1 saturated heterocycles. The Hall–Kier alpha value is -3.26. The van der Waals surface area contributed by atoms with Crippen LogP contribution >= 0.6 is 0 Å². The number of fused-ring (bicyclic) bond motifs is 2. The van der Waals surface area contributed by atoms with Crippen LogP contribution in [0.3, 0.4) is 0 Å². The van der Waals surface area contributed by atoms with E-state index in [1.165, 1.54) is 6.07 Å². The Balaban J connectivity index is 1.55. The van der Waals surface area contributed by atoms with Crippen LogP contribution < -0.4 is 10.2 Å². The second-order valence-corrected chi connectivity index (χ2v) is 9.91. The molecule has 1 aromatic rings. The summed E-state index contributed by atoms with van der Waals surface area (Å²) in [6.45, 7) is 7.66. The van der Waals surface area contributed by atoms with Crippen LogP contribution in [0, 0.1) is 5.41 Å². The lowest BCUT2D eigenvalue weighted by molar-refractivity contribution is -0.143. The van der Waals surface area contributed by atoms with Gasteiger partial charge >= 0.3 is 5.97 Å². The molecular weight excluding hydrogens is 436 g/mol. The summed E-state index contributed by atoms with van der Waals surface area (Å²) in [6.07, 6.45) is 1.39. The minimum atomic E-state index is -0.644. The van der Waals surface area contributed by atoms with Crippen molar-refractivity contribution in [2.24, 2.45) is 5.41 Å². The van der Waals surface area contributed by atoms with E-state index in [1.807, 2.05) is 6.92 Å². The van der Waals surface area contributed by atoms with Crippen LogP contribution in [0.5, 0.6) is 5.75 Å². The van der Waals surface area contributed by atoms with Gasteiger partial charge in [0.05, 0.1) is 11.5 Å². The molecule has 8 heteroatoms. The van der Waals surface area contributed by atoms with E-state index < -0.39 is 11.5 Å². The average molecular weight is 467 g/mol. The number of benzene rings is 2. The van der Waals surface area contributed by atoms with E-state index in [1.54, 1.807) is 49.9 Å². The molecule has 180 valence electrons. The third-order valence-electron chi connectivity index (χ3n) is 6.15. The van der Waals surface area contributed by atoms with Crippen molar-refractivity contribution in [3.63, 3.8) is 0 Å². The summed E-state index contributed by atoms with van der Waals surface area (Å²) in [5.41, 5.74) is 1.08. The molecule has 0 aromatic heterocycles. The van der Waals surface area contributed by atoms with Crippen molar-refractivity contribution in [1.82, 2.24) is 9.88 Å². The van der Waals surface area contributed by atoms with Crippen LogP contribution in [0.15, 0.2) is 39.5 Å². The van der Waals surface area contributed by atoms with E-state index >= 15 is 0 Å². The molecule has 2 atom stereocenters. The van der Waals surface area contributed by atoms with Crippen molar-refractivity contribution in [2.75, 3.05) is 6.54 Å². The Morgan fingerprint density at radius 3 is 2.71 bits per heavy atom. The second-order valence-electron chi connectivity index (χ2n) is 9.91. The lowest BCUT2D eigenvalue weighted by Gasteiger charge is -2.23. The number of amides is 1. The third-order valence-corrected chi connectivity index (χ3v) is 6.15. The van der Waals surface area contributed by atoms with Crippen molar-refractivity contribution in [2.45, 2.75) is 65.5 Å². The fourth-order valence-corrected chi connectivity index (χ4v) is 4.17. The highest BCUT2D eigenvalue weighted by Crippen LogP contribution is 2.29. The Kier molecular flexibility index (Phi) is 6.45. The molecule has 1 fully saturated rings. The SMILES string of the molecule is CC[C@@H]1C[C@@H](O)CN1C(=O)CCc1cc2nc3ccc(OC(=O)C(C)(C)C)cc3oc-2cc1=O. The van der Waals surface area contributed by atoms with Crippen LogP contribution in [0.2, 0.25) is 0 Å². The Labute approximate surface area is 197 Å². The van der Waals surface area contributed by atoms with Crippen LogP contribution in [0.25, 0.3) is 22.6 Å². The topological polar surface area (TPSA) is 110 Å². The monoisotopic (exact) mass is 466 g/mol. The van der Waals surface area contributed by atoms with Gasteiger partial charge in [-0.15, -0.1) is 0 Å². The zero-order valence-electron chi connectivity index (χ0n) is 20.0. The van der Waals surface area contributed by atoms with E-state index in [2.05, 4.69) is 4.98 Å². The molecule has 0 saturated carbocycles. The first-order valence-electron chi connectivity index (χ1n) is 11.6. The summed E-state index contributed by atoms with van der Waals surface area (Å²) in [4.78, 5) is 43.8. The first-order valence-corrected chi connectivity index (χ1v) is 11.6. The number of β-amino-alcohol motifs (C(OH)–C–C–N with tert-alkyl or cyclic N) is 1. The molecule has 8 nitrogen and oxygen atoms in total. The van der Waals surface area contributed by atoms with Gasteiger partial charge in [0, 0.05) is 36.7 Å². The molecule has 0 radical (unpaired) electrons. The Bertz CT molecular complexity index is 1260. The van der Waals surface area contributed by atoms with Gasteiger partial charge in [0.2, 0.25) is 5.91 Å². The largest absolute Gasteiger partial charge is 0.453 e. The molecule has 0 bridgehead atoms. The minimum absolute atomic E-state index is 0.0465. The van der Waals surface area contributed by atoms with Gasteiger partial charge in [0.25, 0.3) is 0 Å². The molecule has 0 unspecified atom stereocenters. The van der Waals surface area contributed by atoms with E-state index in [0.29, 0.717) is 46.8 Å². The van der Waals surface area contributed by atoms with Gasteiger partial charge in [-0.05, 0) is 58.2 Å². The van der Waals surface area contributed by atoms with Gasteiger partial charge in [-0.3, -0.25) is 14.4 Å². The van der Waals surface area contributed by atoms with Gasteiger partial charge < -0.3 is 19.2 Å². The zero-order valence-corrected chi connectivity index (χ0v) is 20.0. The van der Waals surface area contributed by atoms with Crippen LogP contribution in [-0.4, -0.2) is 45.6 Å². The number of aliphatic hydroxyl groups excluding tert-OH is 1. The summed E-state index contributed by atoms with van der Waals surface area (Å²) >= 11 is 0. The minimum Gasteiger partial charge on any atom is -0.453 e. The Morgan fingerprint density at radius 2 is 2.00 bits per heavy atom. The summed E-state index contributed by atoms with van der Waals surface area (Å²) in [7, 11) is 0. The maximum Gasteiger partial charge on any atom is 0.316 e. The fraction of sp³-hybridized carbons (Fsp3) is 0.462. The summed E-state index contributed by atoms with van der Waals surface area (Å²) in [6, 6.07) is 8.02. The van der Waals surface area contributed by atoms with Gasteiger partial charge in [0.15, 0.2) is 16.8 Å². The Morgan fingerprint density at radius 1 is 1.24 bits per heavy atom. The van der Waals surface area contributed by atoms with Crippen molar-refractivity contribution >= 4 is 23.0 Å². The molecule has 1 aromatic carbocycles. The first-order chi connectivity index (χ1) is 16.0. The van der Waals surface area contributed by atoms with Crippen molar-refractivity contribution in [1.29, 1.82) is 0 Å². The number of rotatable bonds is 5. The first kappa shape index (κ1) is 23.9. The molecule has 1 aliphatic carbocycles. The smallest absolute Gasteiger partial charge is 0.316 e. The zero-order chi connectivity index (χ0) is 24.6. The number of esters is 1. The molecule has 34 heavy (non-hydrogen) atoms.